The van der Waals surface area contributed by atoms with Gasteiger partial charge in [-0.15, -0.1) is 0 Å². The Morgan fingerprint density at radius 1 is 0.889 bits per heavy atom. The van der Waals surface area contributed by atoms with Gasteiger partial charge in [-0.25, -0.2) is 14.8 Å². The van der Waals surface area contributed by atoms with Gasteiger partial charge in [0, 0.05) is 5.56 Å². The van der Waals surface area contributed by atoms with E-state index in [0.29, 0.717) is 22.2 Å². The van der Waals surface area contributed by atoms with Crippen LogP contribution in [-0.4, -0.2) is 27.8 Å². The number of aromatic nitrogens is 2. The second kappa shape index (κ2) is 7.27. The van der Waals surface area contributed by atoms with Crippen LogP contribution < -0.4 is 0 Å². The fraction of sp³-hybridized carbons (Fsp3) is 0.273. The highest BCUT2D eigenvalue weighted by Crippen LogP contribution is 2.18. The van der Waals surface area contributed by atoms with Crippen molar-refractivity contribution < 1.29 is 14.3 Å². The van der Waals surface area contributed by atoms with Crippen LogP contribution in [-0.2, 0) is 4.74 Å². The molecule has 0 amide bonds. The number of nitrogens with zero attached hydrogens (tertiary/aromatic N) is 2. The molecule has 1 aromatic heterocycles. The molecule has 0 bridgehead atoms. The van der Waals surface area contributed by atoms with Crippen molar-refractivity contribution in [2.24, 2.45) is 0 Å². The molecule has 2 aromatic carbocycles. The Labute approximate surface area is 158 Å². The lowest BCUT2D eigenvalue weighted by Gasteiger charge is -2.14. The van der Waals surface area contributed by atoms with Crippen molar-refractivity contribution in [3.8, 4) is 0 Å². The quantitative estimate of drug-likeness (QED) is 0.511. The zero-order chi connectivity index (χ0) is 19.7. The molecule has 0 aliphatic heterocycles. The molecule has 138 valence electrons. The molecule has 5 nitrogen and oxygen atoms in total. The topological polar surface area (TPSA) is 69.2 Å². The SMILES string of the molecule is Cc1ccc(C)c(C(=O)[C@H](C)OC(=O)c2ccc3nc(C)c(C)nc3c2)c1. The third kappa shape index (κ3) is 3.87. The first-order chi connectivity index (χ1) is 12.8. The molecule has 0 fully saturated rings. The van der Waals surface area contributed by atoms with Crippen molar-refractivity contribution in [2.45, 2.75) is 40.7 Å². The molecule has 0 aliphatic carbocycles. The number of ether oxygens (including phenoxy) is 1. The van der Waals surface area contributed by atoms with Crippen LogP contribution in [0.25, 0.3) is 11.0 Å². The Morgan fingerprint density at radius 3 is 2.26 bits per heavy atom. The second-order valence-electron chi connectivity index (χ2n) is 6.83. The summed E-state index contributed by atoms with van der Waals surface area (Å²) in [6.45, 7) is 9.15. The van der Waals surface area contributed by atoms with Gasteiger partial charge in [-0.1, -0.05) is 17.7 Å². The average molecular weight is 362 g/mol. The zero-order valence-electron chi connectivity index (χ0n) is 16.2. The maximum atomic E-state index is 12.7. The van der Waals surface area contributed by atoms with Gasteiger partial charge in [-0.3, -0.25) is 4.79 Å². The molecule has 1 heterocycles. The minimum atomic E-state index is -0.875. The molecule has 1 atom stereocenters. The van der Waals surface area contributed by atoms with Gasteiger partial charge in [0.05, 0.1) is 28.0 Å². The smallest absolute Gasteiger partial charge is 0.338 e. The number of aryl methyl sites for hydroxylation is 4. The number of fused-ring (bicyclic) bond motifs is 1. The van der Waals surface area contributed by atoms with E-state index in [1.165, 1.54) is 0 Å². The molecule has 0 aliphatic rings. The van der Waals surface area contributed by atoms with E-state index >= 15 is 0 Å². The molecule has 3 aromatic rings. The van der Waals surface area contributed by atoms with Crippen molar-refractivity contribution >= 4 is 22.8 Å². The summed E-state index contributed by atoms with van der Waals surface area (Å²) < 4.78 is 5.41. The first-order valence-corrected chi connectivity index (χ1v) is 8.83. The summed E-state index contributed by atoms with van der Waals surface area (Å²) in [6, 6.07) is 10.7. The van der Waals surface area contributed by atoms with Gasteiger partial charge in [0.1, 0.15) is 0 Å². The van der Waals surface area contributed by atoms with Gasteiger partial charge in [-0.05, 0) is 64.4 Å². The number of Topliss-reactive ketones (excluding diaryl/α,β-unsaturated/α-hetero) is 1. The van der Waals surface area contributed by atoms with E-state index in [1.54, 1.807) is 25.1 Å². The highest BCUT2D eigenvalue weighted by molar-refractivity contribution is 6.03. The fourth-order valence-electron chi connectivity index (χ4n) is 2.86. The zero-order valence-corrected chi connectivity index (χ0v) is 16.2. The molecule has 3 rings (SSSR count). The third-order valence-corrected chi connectivity index (χ3v) is 4.62. The number of hydrogen-bond acceptors (Lipinski definition) is 5. The Balaban J connectivity index is 1.82. The minimum absolute atomic E-state index is 0.211. The number of esters is 1. The van der Waals surface area contributed by atoms with Crippen LogP contribution >= 0.6 is 0 Å². The minimum Gasteiger partial charge on any atom is -0.451 e. The largest absolute Gasteiger partial charge is 0.451 e. The summed E-state index contributed by atoms with van der Waals surface area (Å²) in [5, 5.41) is 0. The van der Waals surface area contributed by atoms with Crippen LogP contribution in [0.4, 0.5) is 0 Å². The number of benzene rings is 2. The van der Waals surface area contributed by atoms with Gasteiger partial charge in [0.25, 0.3) is 0 Å². The lowest BCUT2D eigenvalue weighted by Crippen LogP contribution is -2.25. The standard InChI is InChI=1S/C22H22N2O3/c1-12-6-7-13(2)18(10-12)21(25)16(5)27-22(26)17-8-9-19-20(11-17)24-15(4)14(3)23-19/h6-11,16H,1-5H3/t16-/m0/s1. The Kier molecular flexibility index (Phi) is 5.04. The Morgan fingerprint density at radius 2 is 1.56 bits per heavy atom. The third-order valence-electron chi connectivity index (χ3n) is 4.62. The van der Waals surface area contributed by atoms with E-state index in [1.807, 2.05) is 45.9 Å². The normalized spacial score (nSPS) is 12.0. The Bertz CT molecular complexity index is 1060. The van der Waals surface area contributed by atoms with E-state index in [9.17, 15) is 9.59 Å². The molecule has 0 N–H and O–H groups in total. The van der Waals surface area contributed by atoms with Crippen molar-refractivity contribution in [2.75, 3.05) is 0 Å². The van der Waals surface area contributed by atoms with Crippen LogP contribution in [0.15, 0.2) is 36.4 Å². The molecule has 0 radical (unpaired) electrons. The van der Waals surface area contributed by atoms with Crippen LogP contribution in [0.3, 0.4) is 0 Å². The number of rotatable bonds is 4. The lowest BCUT2D eigenvalue weighted by atomic mass is 9.99. The molecule has 0 saturated heterocycles. The van der Waals surface area contributed by atoms with Crippen LogP contribution in [0.1, 0.15) is 50.2 Å². The van der Waals surface area contributed by atoms with E-state index < -0.39 is 12.1 Å². The summed E-state index contributed by atoms with van der Waals surface area (Å²) in [7, 11) is 0. The fourth-order valence-corrected chi connectivity index (χ4v) is 2.86. The average Bonchev–Trinajstić information content (AvgIpc) is 2.63. The monoisotopic (exact) mass is 362 g/mol. The summed E-state index contributed by atoms with van der Waals surface area (Å²) in [4.78, 5) is 34.1. The van der Waals surface area contributed by atoms with Crippen LogP contribution in [0, 0.1) is 27.7 Å². The molecule has 5 heteroatoms. The second-order valence-corrected chi connectivity index (χ2v) is 6.83. The van der Waals surface area contributed by atoms with Gasteiger partial charge < -0.3 is 4.74 Å². The molecule has 0 unspecified atom stereocenters. The van der Waals surface area contributed by atoms with Gasteiger partial charge in [0.2, 0.25) is 5.78 Å². The highest BCUT2D eigenvalue weighted by atomic mass is 16.5. The molecular weight excluding hydrogens is 340 g/mol. The van der Waals surface area contributed by atoms with Gasteiger partial charge in [-0.2, -0.15) is 0 Å². The molecular formula is C22H22N2O3. The summed E-state index contributed by atoms with van der Waals surface area (Å²) in [5.74, 6) is -0.764. The van der Waals surface area contributed by atoms with Crippen molar-refractivity contribution in [3.05, 3.63) is 70.0 Å². The predicted molar refractivity (Wildman–Crippen MR) is 104 cm³/mol. The maximum absolute atomic E-state index is 12.7. The summed E-state index contributed by atoms with van der Waals surface area (Å²) >= 11 is 0. The molecule has 0 saturated carbocycles. The number of carbonyl (C=O) groups is 2. The van der Waals surface area contributed by atoms with Gasteiger partial charge in [0.15, 0.2) is 6.10 Å². The number of hydrogen-bond donors (Lipinski definition) is 0. The van der Waals surface area contributed by atoms with Crippen LogP contribution in [0.5, 0.6) is 0 Å². The Hall–Kier alpha value is -3.08. The lowest BCUT2D eigenvalue weighted by molar-refractivity contribution is 0.0318. The van der Waals surface area contributed by atoms with Gasteiger partial charge >= 0.3 is 5.97 Å². The summed E-state index contributed by atoms with van der Waals surface area (Å²) in [6.07, 6.45) is -0.875. The van der Waals surface area contributed by atoms with Crippen molar-refractivity contribution in [1.29, 1.82) is 0 Å². The van der Waals surface area contributed by atoms with Crippen LogP contribution in [0.2, 0.25) is 0 Å². The van der Waals surface area contributed by atoms with Crippen molar-refractivity contribution in [3.63, 3.8) is 0 Å². The highest BCUT2D eigenvalue weighted by Gasteiger charge is 2.22. The van der Waals surface area contributed by atoms with E-state index in [-0.39, 0.29) is 5.78 Å². The summed E-state index contributed by atoms with van der Waals surface area (Å²) in [5.41, 5.74) is 5.78. The predicted octanol–water partition coefficient (Wildman–Crippen LogP) is 4.29. The maximum Gasteiger partial charge on any atom is 0.338 e. The molecule has 27 heavy (non-hydrogen) atoms. The van der Waals surface area contributed by atoms with E-state index in [2.05, 4.69) is 9.97 Å². The number of carbonyl (C=O) groups excluding carboxylic acids is 2. The molecule has 0 spiro atoms. The first-order valence-electron chi connectivity index (χ1n) is 8.83. The van der Waals surface area contributed by atoms with Crippen molar-refractivity contribution in [1.82, 2.24) is 9.97 Å². The number of ketones is 1. The van der Waals surface area contributed by atoms with E-state index in [0.717, 1.165) is 22.5 Å². The van der Waals surface area contributed by atoms with E-state index in [4.69, 9.17) is 4.74 Å². The first kappa shape index (κ1) is 18.7.